The molecule has 2 saturated heterocycles. The second kappa shape index (κ2) is 30.6. The Kier molecular flexibility index (Phi) is 25.5. The third kappa shape index (κ3) is 17.4. The lowest BCUT2D eigenvalue weighted by Gasteiger charge is -2.39. The number of unbranched alkanes of at least 4 members (excludes halogenated alkanes) is 4. The van der Waals surface area contributed by atoms with E-state index < -0.39 is 144 Å². The van der Waals surface area contributed by atoms with Crippen LogP contribution in [-0.2, 0) is 38.1 Å². The van der Waals surface area contributed by atoms with Gasteiger partial charge in [0.15, 0.2) is 18.5 Å². The lowest BCUT2D eigenvalue weighted by atomic mass is 9.96. The number of aliphatic hydroxyl groups excluding tert-OH is 4. The largest absolute Gasteiger partial charge is 0.480 e. The molecule has 15 N–H and O–H groups in total. The highest BCUT2D eigenvalue weighted by Gasteiger charge is 2.55. The van der Waals surface area contributed by atoms with Gasteiger partial charge in [-0.05, 0) is 50.6 Å². The molecule has 28 heteroatoms. The normalized spacial score (nSPS) is 26.0. The molecule has 4 heterocycles. The number of aliphatic imine (C=N–C) groups is 1. The molecule has 0 aromatic carbocycles. The van der Waals surface area contributed by atoms with Crippen LogP contribution in [0.5, 0.6) is 0 Å². The van der Waals surface area contributed by atoms with Crippen LogP contribution in [0.15, 0.2) is 26.8 Å². The molecule has 76 heavy (non-hydrogen) atoms. The first kappa shape index (κ1) is 63.2. The van der Waals surface area contributed by atoms with E-state index in [9.17, 15) is 64.2 Å². The Balaban J connectivity index is 1.63. The van der Waals surface area contributed by atoms with Crippen LogP contribution in [0.3, 0.4) is 0 Å². The number of amides is 4. The molecule has 0 aliphatic carbocycles. The van der Waals surface area contributed by atoms with Crippen molar-refractivity contribution in [1.82, 2.24) is 46.4 Å². The zero-order valence-corrected chi connectivity index (χ0v) is 44.5. The minimum atomic E-state index is -1.90. The molecule has 1 aromatic heterocycles. The molecular formula is C48H83N11O17. The van der Waals surface area contributed by atoms with Crippen molar-refractivity contribution < 1.29 is 73.6 Å². The summed E-state index contributed by atoms with van der Waals surface area (Å²) in [4.78, 5) is 99.5. The van der Waals surface area contributed by atoms with E-state index in [0.29, 0.717) is 19.4 Å². The van der Waals surface area contributed by atoms with Crippen molar-refractivity contribution in [3.8, 4) is 0 Å². The van der Waals surface area contributed by atoms with E-state index in [1.165, 1.54) is 12.0 Å². The average molecular weight is 1090 g/mol. The molecule has 0 saturated carbocycles. The van der Waals surface area contributed by atoms with Gasteiger partial charge in [0.2, 0.25) is 11.8 Å². The molecule has 0 spiro atoms. The summed E-state index contributed by atoms with van der Waals surface area (Å²) in [7, 11) is 1.30. The summed E-state index contributed by atoms with van der Waals surface area (Å²) >= 11 is 0. The van der Waals surface area contributed by atoms with E-state index in [-0.39, 0.29) is 51.5 Å². The number of nitrogens with zero attached hydrogens (tertiary/aromatic N) is 3. The number of methoxy groups -OCH3 is 1. The standard InChI is InChI=1S/C48H83N11O17/c1-8-10-12-17-50-23-27-34(62)39(73-7)45(74-27)76-37(38-35(63)36(64)42(75-38)59-22-16-28(60)54-48(59)72)32(44(69)70)58(20-13-11-9-2)21-14-18-51-40(65)31(33(61)25(5)6)55-41(66)30(26-15-19-52-46(49)53-26)57-47(71)56-29(24(3)4)43(67)68/h16,22,24-27,29-39,42,45,50,61-64H,8-15,17-21,23H2,1-7H3,(H,51,65)(H,55,66)(H,67,68)(H,69,70)(H3,49,52,53)(H,54,60,72)(H2,56,57,71)/t26?,27-,29?,30?,31?,32?,33?,34+,35-,36-,37?,38-,39+,42-,45?/m1/s1. The van der Waals surface area contributed by atoms with Crippen LogP contribution in [-0.4, -0.2) is 213 Å². The van der Waals surface area contributed by atoms with Crippen molar-refractivity contribution in [3.05, 3.63) is 33.1 Å². The SMILES string of the molecule is CCCCCNC[C@H]1OC(OC(C(C(=O)O)N(CCCCC)CCCNC(=O)C(NC(=O)C(NC(=O)NC(C(=O)O)C(C)C)C2CCN=C(N)N2)C(O)C(C)C)[C@@H]2O[C@@H](n3ccc(=O)[nH]c3=O)[C@H](O)[C@H]2O)[C@@H](OC)[C@H]1O. The fourth-order valence-electron chi connectivity index (χ4n) is 9.34. The number of carboxylic acids is 2. The number of nitrogens with two attached hydrogens (primary N) is 1. The number of carbonyl (C=O) groups is 5. The Morgan fingerprint density at radius 1 is 0.868 bits per heavy atom. The lowest BCUT2D eigenvalue weighted by Crippen LogP contribution is -2.66. The summed E-state index contributed by atoms with van der Waals surface area (Å²) in [5, 5.41) is 82.8. The minimum absolute atomic E-state index is 0.0268. The van der Waals surface area contributed by atoms with Crippen LogP contribution < -0.4 is 48.9 Å². The van der Waals surface area contributed by atoms with E-state index in [4.69, 9.17) is 24.7 Å². The molecule has 432 valence electrons. The average Bonchev–Trinajstić information content (AvgIpc) is 3.83. The summed E-state index contributed by atoms with van der Waals surface area (Å²) in [5.74, 6) is -5.69. The number of aromatic nitrogens is 2. The maximum atomic E-state index is 14.1. The number of hydrogen-bond donors (Lipinski definition) is 14. The number of carboxylic acid groups (broad SMARTS) is 2. The van der Waals surface area contributed by atoms with Crippen LogP contribution in [0.1, 0.15) is 99.1 Å². The van der Waals surface area contributed by atoms with Crippen molar-refractivity contribution in [2.45, 2.75) is 184 Å². The maximum Gasteiger partial charge on any atom is 0.330 e. The molecule has 15 atom stereocenters. The highest BCUT2D eigenvalue weighted by molar-refractivity contribution is 5.94. The van der Waals surface area contributed by atoms with Gasteiger partial charge in [0.05, 0.1) is 12.1 Å². The molecule has 3 aliphatic rings. The van der Waals surface area contributed by atoms with Gasteiger partial charge >= 0.3 is 23.7 Å². The smallest absolute Gasteiger partial charge is 0.330 e. The number of guanidine groups is 1. The molecule has 28 nitrogen and oxygen atoms in total. The first-order valence-corrected chi connectivity index (χ1v) is 26.2. The third-order valence-corrected chi connectivity index (χ3v) is 13.7. The van der Waals surface area contributed by atoms with Gasteiger partial charge in [-0.25, -0.2) is 14.4 Å². The van der Waals surface area contributed by atoms with Crippen LogP contribution >= 0.6 is 0 Å². The number of carbonyl (C=O) groups excluding carboxylic acids is 3. The predicted octanol–water partition coefficient (Wildman–Crippen LogP) is -3.17. The molecule has 0 radical (unpaired) electrons. The van der Waals surface area contributed by atoms with Gasteiger partial charge in [0.1, 0.15) is 66.9 Å². The molecule has 2 fully saturated rings. The summed E-state index contributed by atoms with van der Waals surface area (Å²) in [6, 6.07) is -6.98. The molecule has 4 amide bonds. The van der Waals surface area contributed by atoms with E-state index in [2.05, 4.69) is 48.8 Å². The Hall–Kier alpha value is -5.30. The van der Waals surface area contributed by atoms with Crippen molar-refractivity contribution in [2.24, 2.45) is 22.6 Å². The Bertz CT molecular complexity index is 2180. The first-order valence-electron chi connectivity index (χ1n) is 26.2. The van der Waals surface area contributed by atoms with Crippen LogP contribution in [0.2, 0.25) is 0 Å². The van der Waals surface area contributed by atoms with Gasteiger partial charge in [0, 0.05) is 45.6 Å². The second-order valence-electron chi connectivity index (χ2n) is 20.1. The maximum absolute atomic E-state index is 14.1. The third-order valence-electron chi connectivity index (χ3n) is 13.7. The topological polar surface area (TPSA) is 412 Å². The molecule has 3 aliphatic heterocycles. The Morgan fingerprint density at radius 3 is 2.16 bits per heavy atom. The fourth-order valence-corrected chi connectivity index (χ4v) is 9.34. The van der Waals surface area contributed by atoms with E-state index >= 15 is 0 Å². The number of aromatic amines is 1. The van der Waals surface area contributed by atoms with Gasteiger partial charge in [0.25, 0.3) is 5.56 Å². The first-order chi connectivity index (χ1) is 36.1. The number of aliphatic hydroxyl groups is 4. The summed E-state index contributed by atoms with van der Waals surface area (Å²) in [6.45, 7) is 11.2. The Labute approximate surface area is 441 Å². The van der Waals surface area contributed by atoms with E-state index in [1.807, 2.05) is 6.92 Å². The number of rotatable bonds is 32. The van der Waals surface area contributed by atoms with E-state index in [0.717, 1.165) is 42.5 Å². The number of ether oxygens (including phenoxy) is 4. The number of urea groups is 1. The summed E-state index contributed by atoms with van der Waals surface area (Å²) < 4.78 is 25.3. The van der Waals surface area contributed by atoms with Gasteiger partial charge in [-0.1, -0.05) is 67.2 Å². The summed E-state index contributed by atoms with van der Waals surface area (Å²) in [6.07, 6.45) is -9.16. The number of hydrogen-bond acceptors (Lipinski definition) is 20. The number of aliphatic carboxylic acids is 2. The zero-order chi connectivity index (χ0) is 56.4. The van der Waals surface area contributed by atoms with Gasteiger partial charge in [-0.15, -0.1) is 0 Å². The van der Waals surface area contributed by atoms with E-state index in [1.54, 1.807) is 27.7 Å². The molecule has 1 aromatic rings. The predicted molar refractivity (Wildman–Crippen MR) is 273 cm³/mol. The second-order valence-corrected chi connectivity index (χ2v) is 20.1. The highest BCUT2D eigenvalue weighted by Crippen LogP contribution is 2.36. The van der Waals surface area contributed by atoms with Crippen molar-refractivity contribution in [1.29, 1.82) is 0 Å². The van der Waals surface area contributed by atoms with Crippen LogP contribution in [0, 0.1) is 11.8 Å². The van der Waals surface area contributed by atoms with Gasteiger partial charge < -0.3 is 87.2 Å². The van der Waals surface area contributed by atoms with Crippen LogP contribution in [0.4, 0.5) is 4.79 Å². The van der Waals surface area contributed by atoms with Gasteiger partial charge in [-0.2, -0.15) is 0 Å². The summed E-state index contributed by atoms with van der Waals surface area (Å²) in [5.41, 5.74) is 4.18. The van der Waals surface area contributed by atoms with Gasteiger partial charge in [-0.3, -0.25) is 38.6 Å². The molecule has 4 rings (SSSR count). The fraction of sp³-hybridized carbons (Fsp3) is 0.792. The quantitative estimate of drug-likeness (QED) is 0.0317. The monoisotopic (exact) mass is 1090 g/mol. The minimum Gasteiger partial charge on any atom is -0.480 e. The lowest BCUT2D eigenvalue weighted by molar-refractivity contribution is -0.238. The zero-order valence-electron chi connectivity index (χ0n) is 44.5. The van der Waals surface area contributed by atoms with Crippen LogP contribution in [0.25, 0.3) is 0 Å². The Morgan fingerprint density at radius 2 is 1.55 bits per heavy atom. The van der Waals surface area contributed by atoms with Crippen molar-refractivity contribution in [3.63, 3.8) is 0 Å². The molecule has 0 bridgehead atoms. The van der Waals surface area contributed by atoms with Crippen molar-refractivity contribution in [2.75, 3.05) is 46.4 Å². The molecular weight excluding hydrogens is 1000 g/mol. The molecule has 8 unspecified atom stereocenters. The highest BCUT2D eigenvalue weighted by atomic mass is 16.7. The number of H-pyrrole nitrogens is 1. The number of nitrogens with one attached hydrogen (secondary N) is 7. The van der Waals surface area contributed by atoms with Crippen molar-refractivity contribution >= 4 is 35.7 Å².